The first-order valence-electron chi connectivity index (χ1n) is 5.81. The Kier molecular flexibility index (Phi) is 3.77. The summed E-state index contributed by atoms with van der Waals surface area (Å²) in [4.78, 5) is 0. The summed E-state index contributed by atoms with van der Waals surface area (Å²) in [5.41, 5.74) is 6.14. The van der Waals surface area contributed by atoms with E-state index in [0.29, 0.717) is 5.69 Å². The molecule has 1 heterocycles. The molecule has 7 heteroatoms. The van der Waals surface area contributed by atoms with Crippen LogP contribution in [0.3, 0.4) is 0 Å². The topological polar surface area (TPSA) is 136 Å². The van der Waals surface area contributed by atoms with Crippen LogP contribution in [0.15, 0.2) is 24.3 Å². The highest BCUT2D eigenvalue weighted by atomic mass is 16.7. The van der Waals surface area contributed by atoms with Crippen LogP contribution in [0, 0.1) is 0 Å². The van der Waals surface area contributed by atoms with Crippen LogP contribution in [0.2, 0.25) is 0 Å². The molecule has 2 rings (SSSR count). The fourth-order valence-corrected chi connectivity index (χ4v) is 2.11. The SMILES string of the molecule is Nc1ccc([C@]2(O)O[C@H](CO)[C@@H](O)[C@H](O)[C@@H]2O)cc1. The lowest BCUT2D eigenvalue weighted by Crippen LogP contribution is -2.63. The molecule has 106 valence electrons. The van der Waals surface area contributed by atoms with Gasteiger partial charge in [-0.15, -0.1) is 0 Å². The predicted molar refractivity (Wildman–Crippen MR) is 64.7 cm³/mol. The van der Waals surface area contributed by atoms with Gasteiger partial charge in [0.05, 0.1) is 6.61 Å². The van der Waals surface area contributed by atoms with Crippen molar-refractivity contribution >= 4 is 5.69 Å². The number of hydrogen-bond acceptors (Lipinski definition) is 7. The van der Waals surface area contributed by atoms with Gasteiger partial charge in [-0.3, -0.25) is 0 Å². The van der Waals surface area contributed by atoms with Crippen LogP contribution < -0.4 is 5.73 Å². The summed E-state index contributed by atoms with van der Waals surface area (Å²) in [5, 5.41) is 48.7. The number of nitrogen functional groups attached to an aromatic ring is 1. The van der Waals surface area contributed by atoms with Crippen LogP contribution in [0.1, 0.15) is 5.56 Å². The Morgan fingerprint density at radius 3 is 2.21 bits per heavy atom. The molecule has 0 spiro atoms. The minimum Gasteiger partial charge on any atom is -0.399 e. The van der Waals surface area contributed by atoms with Gasteiger partial charge in [-0.1, -0.05) is 12.1 Å². The molecule has 1 aliphatic heterocycles. The first-order valence-corrected chi connectivity index (χ1v) is 5.81. The normalized spacial score (nSPS) is 39.2. The minimum atomic E-state index is -2.22. The average Bonchev–Trinajstić information content (AvgIpc) is 2.41. The summed E-state index contributed by atoms with van der Waals surface area (Å²) >= 11 is 0. The summed E-state index contributed by atoms with van der Waals surface area (Å²) in [6.45, 7) is -0.609. The van der Waals surface area contributed by atoms with E-state index in [1.54, 1.807) is 0 Å². The molecule has 0 bridgehead atoms. The summed E-state index contributed by atoms with van der Waals surface area (Å²) < 4.78 is 5.15. The fraction of sp³-hybridized carbons (Fsp3) is 0.500. The number of rotatable bonds is 2. The molecule has 1 aromatic rings. The van der Waals surface area contributed by atoms with Gasteiger partial charge < -0.3 is 36.0 Å². The maximum atomic E-state index is 10.4. The van der Waals surface area contributed by atoms with Crippen molar-refractivity contribution in [1.29, 1.82) is 0 Å². The third kappa shape index (κ3) is 2.32. The van der Waals surface area contributed by atoms with Crippen LogP contribution in [0.4, 0.5) is 5.69 Å². The standard InChI is InChI=1S/C12H17NO6/c13-7-3-1-6(2-4-7)12(18)11(17)10(16)9(15)8(5-14)19-12/h1-4,8-11,14-18H,5,13H2/t8-,9-,10+,11+,12+/m1/s1. The molecule has 1 aliphatic rings. The predicted octanol–water partition coefficient (Wildman–Crippen LogP) is -2.11. The zero-order valence-electron chi connectivity index (χ0n) is 10.0. The van der Waals surface area contributed by atoms with Gasteiger partial charge in [-0.2, -0.15) is 0 Å². The Morgan fingerprint density at radius 1 is 1.11 bits per heavy atom. The number of anilines is 1. The molecule has 5 atom stereocenters. The van der Waals surface area contributed by atoms with Crippen molar-refractivity contribution in [2.75, 3.05) is 12.3 Å². The lowest BCUT2D eigenvalue weighted by Gasteiger charge is -2.45. The van der Waals surface area contributed by atoms with Crippen molar-refractivity contribution in [2.24, 2.45) is 0 Å². The zero-order chi connectivity index (χ0) is 14.2. The largest absolute Gasteiger partial charge is 0.399 e. The number of benzene rings is 1. The maximum Gasteiger partial charge on any atom is 0.222 e. The van der Waals surface area contributed by atoms with E-state index >= 15 is 0 Å². The van der Waals surface area contributed by atoms with Crippen LogP contribution in [-0.2, 0) is 10.5 Å². The number of nitrogens with two attached hydrogens (primary N) is 1. The minimum absolute atomic E-state index is 0.165. The molecular formula is C12H17NO6. The third-order valence-corrected chi connectivity index (χ3v) is 3.29. The van der Waals surface area contributed by atoms with Crippen LogP contribution in [0.5, 0.6) is 0 Å². The molecule has 1 fully saturated rings. The molecule has 7 N–H and O–H groups in total. The molecule has 19 heavy (non-hydrogen) atoms. The van der Waals surface area contributed by atoms with Gasteiger partial charge >= 0.3 is 0 Å². The van der Waals surface area contributed by atoms with Crippen molar-refractivity contribution in [3.05, 3.63) is 29.8 Å². The Bertz CT molecular complexity index is 436. The van der Waals surface area contributed by atoms with Gasteiger partial charge in [0.1, 0.15) is 24.4 Å². The van der Waals surface area contributed by atoms with Gasteiger partial charge in [0, 0.05) is 11.3 Å². The van der Waals surface area contributed by atoms with Crippen molar-refractivity contribution in [1.82, 2.24) is 0 Å². The number of aliphatic hydroxyl groups excluding tert-OH is 4. The van der Waals surface area contributed by atoms with E-state index in [-0.39, 0.29) is 5.56 Å². The average molecular weight is 271 g/mol. The Balaban J connectivity index is 2.37. The highest BCUT2D eigenvalue weighted by Gasteiger charge is 2.53. The highest BCUT2D eigenvalue weighted by Crippen LogP contribution is 2.36. The smallest absolute Gasteiger partial charge is 0.222 e. The van der Waals surface area contributed by atoms with Crippen molar-refractivity contribution in [3.8, 4) is 0 Å². The second kappa shape index (κ2) is 5.04. The van der Waals surface area contributed by atoms with Crippen molar-refractivity contribution in [3.63, 3.8) is 0 Å². The van der Waals surface area contributed by atoms with E-state index in [4.69, 9.17) is 15.6 Å². The second-order valence-corrected chi connectivity index (χ2v) is 4.58. The van der Waals surface area contributed by atoms with Crippen LogP contribution >= 0.6 is 0 Å². The first kappa shape index (κ1) is 14.2. The van der Waals surface area contributed by atoms with E-state index in [1.807, 2.05) is 0 Å². The Morgan fingerprint density at radius 2 is 1.68 bits per heavy atom. The lowest BCUT2D eigenvalue weighted by molar-refractivity contribution is -0.357. The van der Waals surface area contributed by atoms with Crippen LogP contribution in [-0.4, -0.2) is 56.6 Å². The lowest BCUT2D eigenvalue weighted by atomic mass is 9.88. The molecular weight excluding hydrogens is 254 g/mol. The summed E-state index contributed by atoms with van der Waals surface area (Å²) in [6, 6.07) is 5.85. The summed E-state index contributed by atoms with van der Waals surface area (Å²) in [7, 11) is 0. The summed E-state index contributed by atoms with van der Waals surface area (Å²) in [6.07, 6.45) is -6.10. The molecule has 0 aliphatic carbocycles. The molecule has 0 radical (unpaired) electrons. The summed E-state index contributed by atoms with van der Waals surface area (Å²) in [5.74, 6) is -2.22. The van der Waals surface area contributed by atoms with Crippen molar-refractivity contribution < 1.29 is 30.3 Å². The van der Waals surface area contributed by atoms with E-state index in [2.05, 4.69) is 0 Å². The van der Waals surface area contributed by atoms with Gasteiger partial charge in [0.15, 0.2) is 0 Å². The molecule has 7 nitrogen and oxygen atoms in total. The molecule has 0 amide bonds. The fourth-order valence-electron chi connectivity index (χ4n) is 2.11. The van der Waals surface area contributed by atoms with E-state index in [9.17, 15) is 20.4 Å². The van der Waals surface area contributed by atoms with E-state index in [1.165, 1.54) is 24.3 Å². The third-order valence-electron chi connectivity index (χ3n) is 3.29. The zero-order valence-corrected chi connectivity index (χ0v) is 10.0. The molecule has 1 aromatic carbocycles. The molecule has 0 unspecified atom stereocenters. The first-order chi connectivity index (χ1) is 8.90. The number of aliphatic hydroxyl groups is 5. The molecule has 0 aromatic heterocycles. The van der Waals surface area contributed by atoms with Crippen LogP contribution in [0.25, 0.3) is 0 Å². The highest BCUT2D eigenvalue weighted by molar-refractivity contribution is 5.41. The molecule has 1 saturated heterocycles. The monoisotopic (exact) mass is 271 g/mol. The van der Waals surface area contributed by atoms with Gasteiger partial charge in [-0.05, 0) is 12.1 Å². The van der Waals surface area contributed by atoms with Gasteiger partial charge in [0.25, 0.3) is 0 Å². The number of hydrogen-bond donors (Lipinski definition) is 6. The Labute approximate surface area is 109 Å². The van der Waals surface area contributed by atoms with Gasteiger partial charge in [0.2, 0.25) is 5.79 Å². The van der Waals surface area contributed by atoms with Gasteiger partial charge in [-0.25, -0.2) is 0 Å². The van der Waals surface area contributed by atoms with Crippen molar-refractivity contribution in [2.45, 2.75) is 30.2 Å². The Hall–Kier alpha value is -1.22. The number of ether oxygens (including phenoxy) is 1. The second-order valence-electron chi connectivity index (χ2n) is 4.58. The maximum absolute atomic E-state index is 10.4. The van der Waals surface area contributed by atoms with E-state index in [0.717, 1.165) is 0 Å². The molecule has 0 saturated carbocycles. The quantitative estimate of drug-likeness (QED) is 0.339. The van der Waals surface area contributed by atoms with E-state index < -0.39 is 36.8 Å².